The number of aromatic nitrogens is 3. The summed E-state index contributed by atoms with van der Waals surface area (Å²) in [5.74, 6) is 0.575. The van der Waals surface area contributed by atoms with Gasteiger partial charge < -0.3 is 16.8 Å². The van der Waals surface area contributed by atoms with Gasteiger partial charge in [-0.05, 0) is 17.5 Å². The number of thiophene rings is 1. The summed E-state index contributed by atoms with van der Waals surface area (Å²) in [6.07, 6.45) is 0. The van der Waals surface area contributed by atoms with Crippen LogP contribution >= 0.6 is 11.3 Å². The number of anilines is 4. The van der Waals surface area contributed by atoms with Crippen molar-refractivity contribution in [2.45, 2.75) is 0 Å². The first-order valence-corrected chi connectivity index (χ1v) is 4.69. The van der Waals surface area contributed by atoms with Crippen LogP contribution in [0.5, 0.6) is 0 Å². The highest BCUT2D eigenvalue weighted by Crippen LogP contribution is 2.19. The summed E-state index contributed by atoms with van der Waals surface area (Å²) in [5, 5.41) is 5.83. The SMILES string of the molecule is Nc1nc(N)nc(Nc2cccs2)n1. The molecule has 0 aliphatic carbocycles. The molecule has 5 N–H and O–H groups in total. The Bertz CT molecular complexity index is 405. The van der Waals surface area contributed by atoms with Gasteiger partial charge in [0.2, 0.25) is 17.8 Å². The zero-order valence-corrected chi connectivity index (χ0v) is 7.95. The summed E-state index contributed by atoms with van der Waals surface area (Å²) in [6.45, 7) is 0. The first-order valence-electron chi connectivity index (χ1n) is 3.81. The number of nitrogens with zero attached hydrogens (tertiary/aromatic N) is 3. The second kappa shape index (κ2) is 3.46. The first-order chi connectivity index (χ1) is 6.74. The molecule has 14 heavy (non-hydrogen) atoms. The molecule has 0 bridgehead atoms. The average Bonchev–Trinajstić information content (AvgIpc) is 2.54. The Labute approximate surface area is 84.0 Å². The zero-order valence-electron chi connectivity index (χ0n) is 7.14. The first kappa shape index (κ1) is 8.70. The smallest absolute Gasteiger partial charge is 0.234 e. The molecule has 2 rings (SSSR count). The molecule has 7 heteroatoms. The predicted molar refractivity (Wildman–Crippen MR) is 56.3 cm³/mol. The second-order valence-electron chi connectivity index (χ2n) is 2.48. The highest BCUT2D eigenvalue weighted by atomic mass is 32.1. The van der Waals surface area contributed by atoms with Crippen LogP contribution in [0.25, 0.3) is 0 Å². The molecule has 2 aromatic rings. The molecule has 0 atom stereocenters. The Morgan fingerprint density at radius 3 is 2.43 bits per heavy atom. The molecule has 0 spiro atoms. The minimum atomic E-state index is 0.108. The average molecular weight is 208 g/mol. The van der Waals surface area contributed by atoms with E-state index in [0.29, 0.717) is 5.95 Å². The zero-order chi connectivity index (χ0) is 9.97. The highest BCUT2D eigenvalue weighted by Gasteiger charge is 2.01. The largest absolute Gasteiger partial charge is 0.368 e. The molecular weight excluding hydrogens is 200 g/mol. The molecule has 0 saturated carbocycles. The maximum atomic E-state index is 5.41. The quantitative estimate of drug-likeness (QED) is 0.675. The number of nitrogens with one attached hydrogen (secondary N) is 1. The van der Waals surface area contributed by atoms with Crippen LogP contribution < -0.4 is 16.8 Å². The molecule has 0 aliphatic rings. The molecule has 0 unspecified atom stereocenters. The van der Waals surface area contributed by atoms with Gasteiger partial charge >= 0.3 is 0 Å². The number of hydrogen-bond acceptors (Lipinski definition) is 7. The van der Waals surface area contributed by atoms with Crippen LogP contribution in [0.3, 0.4) is 0 Å². The van der Waals surface area contributed by atoms with E-state index in [0.717, 1.165) is 5.00 Å². The summed E-state index contributed by atoms with van der Waals surface area (Å²) in [5.41, 5.74) is 10.8. The van der Waals surface area contributed by atoms with Gasteiger partial charge in [0.1, 0.15) is 0 Å². The third-order valence-electron chi connectivity index (χ3n) is 1.43. The fourth-order valence-corrected chi connectivity index (χ4v) is 1.54. The van der Waals surface area contributed by atoms with Gasteiger partial charge in [-0.1, -0.05) is 0 Å². The van der Waals surface area contributed by atoms with Crippen molar-refractivity contribution >= 4 is 34.2 Å². The molecule has 72 valence electrons. The Hall–Kier alpha value is -1.89. The minimum Gasteiger partial charge on any atom is -0.368 e. The Balaban J connectivity index is 2.25. The van der Waals surface area contributed by atoms with E-state index in [1.165, 1.54) is 11.3 Å². The van der Waals surface area contributed by atoms with E-state index in [2.05, 4.69) is 20.3 Å². The Kier molecular flexibility index (Phi) is 2.15. The lowest BCUT2D eigenvalue weighted by Crippen LogP contribution is -2.05. The van der Waals surface area contributed by atoms with Crippen molar-refractivity contribution in [3.05, 3.63) is 17.5 Å². The van der Waals surface area contributed by atoms with Gasteiger partial charge in [-0.15, -0.1) is 11.3 Å². The molecule has 0 aliphatic heterocycles. The van der Waals surface area contributed by atoms with E-state index in [4.69, 9.17) is 11.5 Å². The number of rotatable bonds is 2. The van der Waals surface area contributed by atoms with E-state index in [9.17, 15) is 0 Å². The topological polar surface area (TPSA) is 103 Å². The van der Waals surface area contributed by atoms with Crippen molar-refractivity contribution in [3.8, 4) is 0 Å². The van der Waals surface area contributed by atoms with Gasteiger partial charge in [0.15, 0.2) is 0 Å². The molecule has 2 heterocycles. The number of nitrogen functional groups attached to an aromatic ring is 2. The van der Waals surface area contributed by atoms with E-state index in [-0.39, 0.29) is 11.9 Å². The van der Waals surface area contributed by atoms with E-state index in [1.807, 2.05) is 17.5 Å². The van der Waals surface area contributed by atoms with Crippen LogP contribution in [-0.4, -0.2) is 15.0 Å². The van der Waals surface area contributed by atoms with E-state index >= 15 is 0 Å². The van der Waals surface area contributed by atoms with Gasteiger partial charge in [-0.25, -0.2) is 0 Å². The predicted octanol–water partition coefficient (Wildman–Crippen LogP) is 0.841. The van der Waals surface area contributed by atoms with Crippen LogP contribution in [0.15, 0.2) is 17.5 Å². The van der Waals surface area contributed by atoms with E-state index < -0.39 is 0 Å². The molecule has 6 nitrogen and oxygen atoms in total. The third-order valence-corrected chi connectivity index (χ3v) is 2.21. The highest BCUT2D eigenvalue weighted by molar-refractivity contribution is 7.14. The standard InChI is InChI=1S/C7H8N6S/c8-5-11-6(9)13-7(12-5)10-4-2-1-3-14-4/h1-3H,(H5,8,9,10,11,12,13). The lowest BCUT2D eigenvalue weighted by atomic mass is 10.6. The lowest BCUT2D eigenvalue weighted by Gasteiger charge is -2.02. The second-order valence-corrected chi connectivity index (χ2v) is 3.43. The van der Waals surface area contributed by atoms with Gasteiger partial charge in [0.05, 0.1) is 5.00 Å². The molecule has 0 fully saturated rings. The molecular formula is C7H8N6S. The number of hydrogen-bond donors (Lipinski definition) is 3. The fourth-order valence-electron chi connectivity index (χ4n) is 0.925. The van der Waals surface area contributed by atoms with Crippen molar-refractivity contribution in [3.63, 3.8) is 0 Å². The normalized spacial score (nSPS) is 10.0. The Morgan fingerprint density at radius 1 is 1.14 bits per heavy atom. The monoisotopic (exact) mass is 208 g/mol. The summed E-state index contributed by atoms with van der Waals surface area (Å²) in [6, 6.07) is 3.82. The van der Waals surface area contributed by atoms with Gasteiger partial charge in [0, 0.05) is 0 Å². The molecule has 0 saturated heterocycles. The lowest BCUT2D eigenvalue weighted by molar-refractivity contribution is 1.08. The van der Waals surface area contributed by atoms with Gasteiger partial charge in [0.25, 0.3) is 0 Å². The molecule has 2 aromatic heterocycles. The molecule has 0 amide bonds. The summed E-state index contributed by atoms with van der Waals surface area (Å²) < 4.78 is 0. The van der Waals surface area contributed by atoms with Crippen LogP contribution in [0.2, 0.25) is 0 Å². The van der Waals surface area contributed by atoms with Crippen LogP contribution in [0, 0.1) is 0 Å². The van der Waals surface area contributed by atoms with Gasteiger partial charge in [-0.3, -0.25) is 0 Å². The Morgan fingerprint density at radius 2 is 1.86 bits per heavy atom. The minimum absolute atomic E-state index is 0.108. The van der Waals surface area contributed by atoms with Crippen molar-refractivity contribution < 1.29 is 0 Å². The molecule has 0 radical (unpaired) electrons. The van der Waals surface area contributed by atoms with Crippen molar-refractivity contribution in [2.24, 2.45) is 0 Å². The van der Waals surface area contributed by atoms with Crippen molar-refractivity contribution in [2.75, 3.05) is 16.8 Å². The van der Waals surface area contributed by atoms with Crippen LogP contribution in [0.1, 0.15) is 0 Å². The van der Waals surface area contributed by atoms with Crippen molar-refractivity contribution in [1.29, 1.82) is 0 Å². The van der Waals surface area contributed by atoms with Crippen molar-refractivity contribution in [1.82, 2.24) is 15.0 Å². The van der Waals surface area contributed by atoms with Crippen LogP contribution in [0.4, 0.5) is 22.8 Å². The summed E-state index contributed by atoms with van der Waals surface area (Å²) in [4.78, 5) is 11.4. The number of nitrogens with two attached hydrogens (primary N) is 2. The van der Waals surface area contributed by atoms with E-state index in [1.54, 1.807) is 0 Å². The maximum absolute atomic E-state index is 5.41. The maximum Gasteiger partial charge on any atom is 0.234 e. The fraction of sp³-hybridized carbons (Fsp3) is 0. The third kappa shape index (κ3) is 1.88. The molecule has 0 aromatic carbocycles. The van der Waals surface area contributed by atoms with Gasteiger partial charge in [-0.2, -0.15) is 15.0 Å². The van der Waals surface area contributed by atoms with Crippen LogP contribution in [-0.2, 0) is 0 Å². The summed E-state index contributed by atoms with van der Waals surface area (Å²) in [7, 11) is 0. The summed E-state index contributed by atoms with van der Waals surface area (Å²) >= 11 is 1.54.